The van der Waals surface area contributed by atoms with Gasteiger partial charge >= 0.3 is 12.0 Å². The van der Waals surface area contributed by atoms with Gasteiger partial charge in [0.15, 0.2) is 0 Å². The van der Waals surface area contributed by atoms with Crippen LogP contribution in [0.1, 0.15) is 47.0 Å². The first kappa shape index (κ1) is 17.7. The van der Waals surface area contributed by atoms with E-state index >= 15 is 0 Å². The zero-order valence-electron chi connectivity index (χ0n) is 12.7. The summed E-state index contributed by atoms with van der Waals surface area (Å²) in [4.78, 5) is 26.4. The van der Waals surface area contributed by atoms with Gasteiger partial charge in [-0.15, -0.1) is 0 Å². The topological polar surface area (TPSA) is 60.9 Å². The number of aliphatic carboxylic acids is 1. The maximum absolute atomic E-state index is 12.3. The number of rotatable bonds is 9. The molecular formula is C14H28N2O3. The predicted octanol–water partition coefficient (Wildman–Crippen LogP) is 2.66. The van der Waals surface area contributed by atoms with Gasteiger partial charge in [0, 0.05) is 26.2 Å². The van der Waals surface area contributed by atoms with E-state index in [1.807, 2.05) is 18.7 Å². The molecular weight excluding hydrogens is 244 g/mol. The molecule has 0 aliphatic heterocycles. The number of amides is 2. The molecule has 5 heteroatoms. The minimum Gasteiger partial charge on any atom is -0.481 e. The second-order valence-corrected chi connectivity index (χ2v) is 4.73. The molecule has 2 amide bonds. The Bertz CT molecular complexity index is 278. The maximum Gasteiger partial charge on any atom is 0.320 e. The molecule has 5 nitrogen and oxygen atoms in total. The average molecular weight is 272 g/mol. The number of carboxylic acids is 1. The Labute approximate surface area is 116 Å². The summed E-state index contributed by atoms with van der Waals surface area (Å²) in [5.74, 6) is -0.351. The standard InChI is InChI=1S/C14H28N2O3/c1-5-12(6-2)11-16(8-4)14(19)15(7-3)10-9-13(17)18/h12H,5-11H2,1-4H3,(H,17,18). The lowest BCUT2D eigenvalue weighted by atomic mass is 10.0. The molecule has 0 atom stereocenters. The van der Waals surface area contributed by atoms with Crippen LogP contribution < -0.4 is 0 Å². The van der Waals surface area contributed by atoms with Gasteiger partial charge in [0.05, 0.1) is 6.42 Å². The number of carbonyl (C=O) groups excluding carboxylic acids is 1. The summed E-state index contributed by atoms with van der Waals surface area (Å²) in [5, 5.41) is 8.71. The summed E-state index contributed by atoms with van der Waals surface area (Å²) < 4.78 is 0. The largest absolute Gasteiger partial charge is 0.481 e. The van der Waals surface area contributed by atoms with E-state index in [0.29, 0.717) is 19.0 Å². The molecule has 0 spiro atoms. The number of nitrogens with zero attached hydrogens (tertiary/aromatic N) is 2. The summed E-state index contributed by atoms with van der Waals surface area (Å²) in [6.45, 7) is 10.4. The van der Waals surface area contributed by atoms with Crippen molar-refractivity contribution in [1.82, 2.24) is 9.80 Å². The zero-order valence-corrected chi connectivity index (χ0v) is 12.7. The van der Waals surface area contributed by atoms with Crippen LogP contribution in [0.3, 0.4) is 0 Å². The first-order chi connectivity index (χ1) is 8.99. The smallest absolute Gasteiger partial charge is 0.320 e. The lowest BCUT2D eigenvalue weighted by Gasteiger charge is -2.31. The molecule has 0 bridgehead atoms. The molecule has 0 saturated heterocycles. The summed E-state index contributed by atoms with van der Waals surface area (Å²) in [6, 6.07) is -0.0434. The fourth-order valence-electron chi connectivity index (χ4n) is 2.02. The Hall–Kier alpha value is -1.26. The number of urea groups is 1. The van der Waals surface area contributed by atoms with Crippen LogP contribution in [-0.4, -0.2) is 53.1 Å². The monoisotopic (exact) mass is 272 g/mol. The minimum atomic E-state index is -0.866. The van der Waals surface area contributed by atoms with Crippen LogP contribution >= 0.6 is 0 Å². The van der Waals surface area contributed by atoms with Crippen molar-refractivity contribution in [3.05, 3.63) is 0 Å². The molecule has 112 valence electrons. The van der Waals surface area contributed by atoms with Gasteiger partial charge in [-0.2, -0.15) is 0 Å². The molecule has 0 saturated carbocycles. The van der Waals surface area contributed by atoms with Crippen LogP contribution in [0.15, 0.2) is 0 Å². The highest BCUT2D eigenvalue weighted by Crippen LogP contribution is 2.11. The van der Waals surface area contributed by atoms with Gasteiger partial charge in [-0.25, -0.2) is 4.79 Å². The second-order valence-electron chi connectivity index (χ2n) is 4.73. The fraction of sp³-hybridized carbons (Fsp3) is 0.857. The van der Waals surface area contributed by atoms with E-state index < -0.39 is 5.97 Å². The Morgan fingerprint density at radius 3 is 1.89 bits per heavy atom. The van der Waals surface area contributed by atoms with E-state index in [4.69, 9.17) is 5.11 Å². The number of carbonyl (C=O) groups is 2. The number of carboxylic acid groups (broad SMARTS) is 1. The third-order valence-corrected chi connectivity index (χ3v) is 3.53. The second kappa shape index (κ2) is 9.64. The van der Waals surface area contributed by atoms with Crippen molar-refractivity contribution in [1.29, 1.82) is 0 Å². The molecule has 0 aliphatic carbocycles. The van der Waals surface area contributed by atoms with Gasteiger partial charge in [0.2, 0.25) is 0 Å². The summed E-state index contributed by atoms with van der Waals surface area (Å²) in [7, 11) is 0. The molecule has 0 aromatic rings. The fourth-order valence-corrected chi connectivity index (χ4v) is 2.02. The molecule has 0 aliphatic rings. The molecule has 0 unspecified atom stereocenters. The number of hydrogen-bond acceptors (Lipinski definition) is 2. The molecule has 0 radical (unpaired) electrons. The van der Waals surface area contributed by atoms with Crippen LogP contribution in [0.4, 0.5) is 4.79 Å². The van der Waals surface area contributed by atoms with Gasteiger partial charge in [-0.05, 0) is 19.8 Å². The highest BCUT2D eigenvalue weighted by molar-refractivity contribution is 5.75. The number of hydrogen-bond donors (Lipinski definition) is 1. The predicted molar refractivity (Wildman–Crippen MR) is 76.2 cm³/mol. The quantitative estimate of drug-likeness (QED) is 0.702. The van der Waals surface area contributed by atoms with Crippen molar-refractivity contribution >= 4 is 12.0 Å². The van der Waals surface area contributed by atoms with Crippen molar-refractivity contribution in [2.75, 3.05) is 26.2 Å². The molecule has 0 heterocycles. The van der Waals surface area contributed by atoms with Crippen molar-refractivity contribution in [3.8, 4) is 0 Å². The van der Waals surface area contributed by atoms with E-state index in [1.54, 1.807) is 4.90 Å². The van der Waals surface area contributed by atoms with E-state index in [0.717, 1.165) is 19.4 Å². The minimum absolute atomic E-state index is 0.00210. The molecule has 0 aromatic carbocycles. The third kappa shape index (κ3) is 6.45. The van der Waals surface area contributed by atoms with Crippen molar-refractivity contribution in [2.24, 2.45) is 5.92 Å². The molecule has 0 rings (SSSR count). The van der Waals surface area contributed by atoms with Crippen LogP contribution in [0.25, 0.3) is 0 Å². The van der Waals surface area contributed by atoms with Gasteiger partial charge in [0.25, 0.3) is 0 Å². The first-order valence-electron chi connectivity index (χ1n) is 7.25. The van der Waals surface area contributed by atoms with Crippen molar-refractivity contribution < 1.29 is 14.7 Å². The van der Waals surface area contributed by atoms with Gasteiger partial charge in [0.1, 0.15) is 0 Å². The van der Waals surface area contributed by atoms with Crippen LogP contribution in [0, 0.1) is 5.92 Å². The van der Waals surface area contributed by atoms with Crippen LogP contribution in [-0.2, 0) is 4.79 Å². The average Bonchev–Trinajstić information content (AvgIpc) is 2.40. The SMILES string of the molecule is CCC(CC)CN(CC)C(=O)N(CC)CCC(=O)O. The van der Waals surface area contributed by atoms with Crippen molar-refractivity contribution in [2.45, 2.75) is 47.0 Å². The molecule has 0 fully saturated rings. The Kier molecular flexibility index (Phi) is 9.00. The van der Waals surface area contributed by atoms with E-state index in [1.165, 1.54) is 0 Å². The van der Waals surface area contributed by atoms with Crippen LogP contribution in [0.5, 0.6) is 0 Å². The van der Waals surface area contributed by atoms with E-state index in [9.17, 15) is 9.59 Å². The Morgan fingerprint density at radius 1 is 1.00 bits per heavy atom. The molecule has 19 heavy (non-hydrogen) atoms. The lowest BCUT2D eigenvalue weighted by Crippen LogP contribution is -2.45. The highest BCUT2D eigenvalue weighted by Gasteiger charge is 2.21. The van der Waals surface area contributed by atoms with E-state index in [2.05, 4.69) is 13.8 Å². The molecule has 1 N–H and O–H groups in total. The third-order valence-electron chi connectivity index (χ3n) is 3.53. The van der Waals surface area contributed by atoms with Gasteiger partial charge in [-0.1, -0.05) is 26.7 Å². The summed E-state index contributed by atoms with van der Waals surface area (Å²) in [6.07, 6.45) is 2.12. The normalized spacial score (nSPS) is 10.6. The Balaban J connectivity index is 4.55. The van der Waals surface area contributed by atoms with Gasteiger partial charge < -0.3 is 14.9 Å². The van der Waals surface area contributed by atoms with E-state index in [-0.39, 0.29) is 19.0 Å². The van der Waals surface area contributed by atoms with Gasteiger partial charge in [-0.3, -0.25) is 4.79 Å². The highest BCUT2D eigenvalue weighted by atomic mass is 16.4. The Morgan fingerprint density at radius 2 is 1.53 bits per heavy atom. The van der Waals surface area contributed by atoms with Crippen molar-refractivity contribution in [3.63, 3.8) is 0 Å². The molecule has 0 aromatic heterocycles. The maximum atomic E-state index is 12.3. The first-order valence-corrected chi connectivity index (χ1v) is 7.25. The van der Waals surface area contributed by atoms with Crippen LogP contribution in [0.2, 0.25) is 0 Å². The summed E-state index contributed by atoms with van der Waals surface area (Å²) in [5.41, 5.74) is 0. The zero-order chi connectivity index (χ0) is 14.8. The lowest BCUT2D eigenvalue weighted by molar-refractivity contribution is -0.137. The summed E-state index contributed by atoms with van der Waals surface area (Å²) >= 11 is 0.